The lowest BCUT2D eigenvalue weighted by molar-refractivity contribution is 0.0161. The van der Waals surface area contributed by atoms with E-state index in [-0.39, 0.29) is 12.1 Å². The Hall–Kier alpha value is -0.900. The fourth-order valence-electron chi connectivity index (χ4n) is 1.65. The Morgan fingerprint density at radius 2 is 1.78 bits per heavy atom. The number of ether oxygens (including phenoxy) is 2. The van der Waals surface area contributed by atoms with E-state index in [1.54, 1.807) is 0 Å². The number of benzene rings is 1. The molecule has 3 heteroatoms. The van der Waals surface area contributed by atoms with Gasteiger partial charge in [0.1, 0.15) is 0 Å². The SMILES string of the molecule is CCc1ccc(C(N)COCCOC(C)C)cc1. The van der Waals surface area contributed by atoms with Gasteiger partial charge in [0.15, 0.2) is 0 Å². The Morgan fingerprint density at radius 1 is 1.11 bits per heavy atom. The van der Waals surface area contributed by atoms with Crippen LogP contribution in [0.25, 0.3) is 0 Å². The molecule has 1 aromatic carbocycles. The minimum atomic E-state index is -0.0602. The molecule has 0 aliphatic heterocycles. The van der Waals surface area contributed by atoms with Gasteiger partial charge in [-0.15, -0.1) is 0 Å². The highest BCUT2D eigenvalue weighted by atomic mass is 16.5. The standard InChI is InChI=1S/C15H25NO2/c1-4-13-5-7-14(8-6-13)15(16)11-17-9-10-18-12(2)3/h5-8,12,15H,4,9-11,16H2,1-3H3. The van der Waals surface area contributed by atoms with E-state index in [1.165, 1.54) is 5.56 Å². The van der Waals surface area contributed by atoms with Gasteiger partial charge in [-0.25, -0.2) is 0 Å². The van der Waals surface area contributed by atoms with E-state index >= 15 is 0 Å². The minimum Gasteiger partial charge on any atom is -0.377 e. The normalized spacial score (nSPS) is 12.9. The van der Waals surface area contributed by atoms with Crippen molar-refractivity contribution >= 4 is 0 Å². The summed E-state index contributed by atoms with van der Waals surface area (Å²) in [5.74, 6) is 0. The molecule has 0 saturated heterocycles. The first-order chi connectivity index (χ1) is 8.63. The lowest BCUT2D eigenvalue weighted by atomic mass is 10.1. The molecule has 0 aliphatic rings. The van der Waals surface area contributed by atoms with Gasteiger partial charge in [-0.3, -0.25) is 0 Å². The molecule has 102 valence electrons. The van der Waals surface area contributed by atoms with Crippen LogP contribution in [0.3, 0.4) is 0 Å². The zero-order valence-corrected chi connectivity index (χ0v) is 11.7. The number of hydrogen-bond donors (Lipinski definition) is 1. The van der Waals surface area contributed by atoms with Crippen molar-refractivity contribution in [1.29, 1.82) is 0 Å². The quantitative estimate of drug-likeness (QED) is 0.722. The summed E-state index contributed by atoms with van der Waals surface area (Å²) in [5.41, 5.74) is 8.52. The highest BCUT2D eigenvalue weighted by molar-refractivity contribution is 5.24. The van der Waals surface area contributed by atoms with Crippen molar-refractivity contribution in [3.05, 3.63) is 35.4 Å². The first-order valence-corrected chi connectivity index (χ1v) is 6.67. The van der Waals surface area contributed by atoms with Crippen LogP contribution in [0.2, 0.25) is 0 Å². The molecule has 0 bridgehead atoms. The molecule has 0 radical (unpaired) electrons. The van der Waals surface area contributed by atoms with E-state index in [9.17, 15) is 0 Å². The van der Waals surface area contributed by atoms with Crippen LogP contribution in [-0.4, -0.2) is 25.9 Å². The largest absolute Gasteiger partial charge is 0.377 e. The molecule has 0 fully saturated rings. The van der Waals surface area contributed by atoms with Crippen molar-refractivity contribution in [2.75, 3.05) is 19.8 Å². The number of nitrogens with two attached hydrogens (primary N) is 1. The molecule has 1 atom stereocenters. The molecule has 2 N–H and O–H groups in total. The van der Waals surface area contributed by atoms with Gasteiger partial charge in [-0.05, 0) is 31.4 Å². The summed E-state index contributed by atoms with van der Waals surface area (Å²) in [4.78, 5) is 0. The Bertz CT molecular complexity index is 322. The third-order valence-corrected chi connectivity index (χ3v) is 2.79. The highest BCUT2D eigenvalue weighted by Gasteiger charge is 2.05. The summed E-state index contributed by atoms with van der Waals surface area (Å²) in [6, 6.07) is 8.35. The van der Waals surface area contributed by atoms with Gasteiger partial charge in [0.2, 0.25) is 0 Å². The van der Waals surface area contributed by atoms with Gasteiger partial charge >= 0.3 is 0 Å². The fraction of sp³-hybridized carbons (Fsp3) is 0.600. The molecule has 3 nitrogen and oxygen atoms in total. The Labute approximate surface area is 110 Å². The third kappa shape index (κ3) is 5.63. The van der Waals surface area contributed by atoms with Crippen molar-refractivity contribution in [2.45, 2.75) is 39.3 Å². The van der Waals surface area contributed by atoms with Crippen molar-refractivity contribution < 1.29 is 9.47 Å². The van der Waals surface area contributed by atoms with Crippen LogP contribution in [0.15, 0.2) is 24.3 Å². The first kappa shape index (κ1) is 15.2. The second-order valence-corrected chi connectivity index (χ2v) is 4.70. The van der Waals surface area contributed by atoms with Gasteiger partial charge < -0.3 is 15.2 Å². The average Bonchev–Trinajstić information content (AvgIpc) is 2.38. The Morgan fingerprint density at radius 3 is 2.33 bits per heavy atom. The molecule has 18 heavy (non-hydrogen) atoms. The van der Waals surface area contributed by atoms with Crippen LogP contribution < -0.4 is 5.73 Å². The molecule has 0 saturated carbocycles. The maximum Gasteiger partial charge on any atom is 0.0703 e. The Balaban J connectivity index is 2.25. The van der Waals surface area contributed by atoms with Crippen molar-refractivity contribution in [3.8, 4) is 0 Å². The molecular weight excluding hydrogens is 226 g/mol. The van der Waals surface area contributed by atoms with E-state index in [4.69, 9.17) is 15.2 Å². The maximum atomic E-state index is 6.06. The minimum absolute atomic E-state index is 0.0602. The lowest BCUT2D eigenvalue weighted by Crippen LogP contribution is -2.19. The molecule has 0 aromatic heterocycles. The van der Waals surface area contributed by atoms with Gasteiger partial charge in [0.25, 0.3) is 0 Å². The summed E-state index contributed by atoms with van der Waals surface area (Å²) in [5, 5.41) is 0. The first-order valence-electron chi connectivity index (χ1n) is 6.67. The maximum absolute atomic E-state index is 6.06. The van der Waals surface area contributed by atoms with Crippen LogP contribution in [0.4, 0.5) is 0 Å². The van der Waals surface area contributed by atoms with Crippen molar-refractivity contribution in [3.63, 3.8) is 0 Å². The highest BCUT2D eigenvalue weighted by Crippen LogP contribution is 2.12. The van der Waals surface area contributed by atoms with Crippen molar-refractivity contribution in [2.24, 2.45) is 5.73 Å². The monoisotopic (exact) mass is 251 g/mol. The summed E-state index contributed by atoms with van der Waals surface area (Å²) >= 11 is 0. The van der Waals surface area contributed by atoms with Crippen LogP contribution in [-0.2, 0) is 15.9 Å². The van der Waals surface area contributed by atoms with Gasteiger partial charge in [-0.1, -0.05) is 31.2 Å². The predicted octanol–water partition coefficient (Wildman–Crippen LogP) is 2.69. The van der Waals surface area contributed by atoms with Crippen LogP contribution in [0.1, 0.15) is 37.9 Å². The van der Waals surface area contributed by atoms with E-state index in [0.717, 1.165) is 12.0 Å². The molecule has 1 aromatic rings. The zero-order chi connectivity index (χ0) is 13.4. The van der Waals surface area contributed by atoms with Crippen LogP contribution >= 0.6 is 0 Å². The summed E-state index contributed by atoms with van der Waals surface area (Å²) in [6.07, 6.45) is 1.31. The molecule has 0 heterocycles. The van der Waals surface area contributed by atoms with Crippen molar-refractivity contribution in [1.82, 2.24) is 0 Å². The smallest absolute Gasteiger partial charge is 0.0703 e. The summed E-state index contributed by atoms with van der Waals surface area (Å²) < 4.78 is 10.9. The molecule has 1 unspecified atom stereocenters. The number of rotatable bonds is 8. The van der Waals surface area contributed by atoms with Crippen LogP contribution in [0.5, 0.6) is 0 Å². The summed E-state index contributed by atoms with van der Waals surface area (Å²) in [7, 11) is 0. The van der Waals surface area contributed by atoms with E-state index in [1.807, 2.05) is 13.8 Å². The van der Waals surface area contributed by atoms with Crippen LogP contribution in [0, 0.1) is 0 Å². The second-order valence-electron chi connectivity index (χ2n) is 4.70. The zero-order valence-electron chi connectivity index (χ0n) is 11.7. The summed E-state index contributed by atoms with van der Waals surface area (Å²) in [6.45, 7) is 7.93. The number of hydrogen-bond acceptors (Lipinski definition) is 3. The van der Waals surface area contributed by atoms with Gasteiger partial charge in [0, 0.05) is 0 Å². The molecule has 0 amide bonds. The average molecular weight is 251 g/mol. The second kappa shape index (κ2) is 8.25. The Kier molecular flexibility index (Phi) is 6.94. The third-order valence-electron chi connectivity index (χ3n) is 2.79. The van der Waals surface area contributed by atoms with Gasteiger partial charge in [-0.2, -0.15) is 0 Å². The van der Waals surface area contributed by atoms with E-state index in [2.05, 4.69) is 31.2 Å². The number of aryl methyl sites for hydroxylation is 1. The topological polar surface area (TPSA) is 44.5 Å². The molecule has 1 rings (SSSR count). The lowest BCUT2D eigenvalue weighted by Gasteiger charge is -2.14. The van der Waals surface area contributed by atoms with E-state index < -0.39 is 0 Å². The van der Waals surface area contributed by atoms with Gasteiger partial charge in [0.05, 0.1) is 32.0 Å². The fourth-order valence-corrected chi connectivity index (χ4v) is 1.65. The molecular formula is C15H25NO2. The predicted molar refractivity (Wildman–Crippen MR) is 74.7 cm³/mol. The molecule has 0 aliphatic carbocycles. The molecule has 0 spiro atoms. The van der Waals surface area contributed by atoms with E-state index in [0.29, 0.717) is 19.8 Å².